The van der Waals surface area contributed by atoms with Crippen molar-refractivity contribution in [2.24, 2.45) is 0 Å². The van der Waals surface area contributed by atoms with Gasteiger partial charge in [-0.15, -0.1) is 0 Å². The van der Waals surface area contributed by atoms with E-state index in [1.165, 1.54) is 0 Å². The highest BCUT2D eigenvalue weighted by molar-refractivity contribution is 9.09. The van der Waals surface area contributed by atoms with E-state index in [4.69, 9.17) is 15.8 Å². The maximum Gasteiger partial charge on any atom is 0.206 e. The van der Waals surface area contributed by atoms with Crippen LogP contribution in [0, 0.1) is 0 Å². The van der Waals surface area contributed by atoms with E-state index < -0.39 is 7.65 Å². The summed E-state index contributed by atoms with van der Waals surface area (Å²) in [4.78, 5) is 0. The smallest absolute Gasteiger partial charge is 0.206 e. The van der Waals surface area contributed by atoms with Gasteiger partial charge in [-0.1, -0.05) is 29.8 Å². The molecule has 0 spiro atoms. The summed E-state index contributed by atoms with van der Waals surface area (Å²) in [6.07, 6.45) is 0. The Bertz CT molecular complexity index is 94.7. The van der Waals surface area contributed by atoms with Crippen LogP contribution in [-0.4, -0.2) is 29.7 Å². The molecule has 0 heterocycles. The van der Waals surface area contributed by atoms with Gasteiger partial charge in [-0.05, 0) is 11.2 Å². The van der Waals surface area contributed by atoms with Gasteiger partial charge in [0.15, 0.2) is 0 Å². The van der Waals surface area contributed by atoms with E-state index in [1.54, 1.807) is 0 Å². The minimum absolute atomic E-state index is 0.686. The van der Waals surface area contributed by atoms with Crippen molar-refractivity contribution in [3.05, 3.63) is 0 Å². The molecule has 0 aromatic heterocycles. The van der Waals surface area contributed by atoms with Crippen LogP contribution in [0.3, 0.4) is 0 Å². The highest BCUT2D eigenvalue weighted by Gasteiger charge is 2.12. The van der Waals surface area contributed by atoms with Crippen LogP contribution in [0.15, 0.2) is 0 Å². The summed E-state index contributed by atoms with van der Waals surface area (Å²) in [7, 11) is -0.875. The molecule has 0 aliphatic carbocycles. The lowest BCUT2D eigenvalue weighted by Gasteiger charge is -2.22. The second kappa shape index (κ2) is 7.75. The fraction of sp³-hybridized carbons (Fsp3) is 1.00. The summed E-state index contributed by atoms with van der Waals surface area (Å²) in [5.41, 5.74) is 0. The number of hydrogen-bond donors (Lipinski definition) is 0. The lowest BCUT2D eigenvalue weighted by atomic mass is 10.7. The molecule has 11 heavy (non-hydrogen) atoms. The van der Waals surface area contributed by atoms with Crippen LogP contribution in [0.1, 0.15) is 13.8 Å². The van der Waals surface area contributed by atoms with Gasteiger partial charge in [-0.2, -0.15) is 0 Å². The van der Waals surface area contributed by atoms with Gasteiger partial charge in [0.05, 0.1) is 6.61 Å². The van der Waals surface area contributed by atoms with E-state index in [-0.39, 0.29) is 0 Å². The van der Waals surface area contributed by atoms with Crippen LogP contribution in [0.4, 0.5) is 0 Å². The molecule has 0 radical (unpaired) electrons. The third-order valence-electron chi connectivity index (χ3n) is 1.23. The summed E-state index contributed by atoms with van der Waals surface area (Å²) in [6, 6.07) is 0. The highest BCUT2D eigenvalue weighted by Crippen LogP contribution is 2.45. The van der Waals surface area contributed by atoms with Gasteiger partial charge >= 0.3 is 0 Å². The van der Waals surface area contributed by atoms with Gasteiger partial charge in [0.1, 0.15) is 0 Å². The van der Waals surface area contributed by atoms with Gasteiger partial charge in [0, 0.05) is 18.4 Å². The van der Waals surface area contributed by atoms with Gasteiger partial charge in [0.2, 0.25) is 7.65 Å². The second-order valence-electron chi connectivity index (χ2n) is 1.89. The predicted octanol–water partition coefficient (Wildman–Crippen LogP) is 3.21. The molecule has 0 rings (SSSR count). The Morgan fingerprint density at radius 3 is 2.36 bits per heavy atom. The van der Waals surface area contributed by atoms with E-state index >= 15 is 0 Å². The topological polar surface area (TPSA) is 12.5 Å². The normalized spacial score (nSPS) is 13.9. The zero-order chi connectivity index (χ0) is 8.69. The average molecular weight is 263 g/mol. The van der Waals surface area contributed by atoms with Crippen LogP contribution in [0.5, 0.6) is 0 Å². The highest BCUT2D eigenvalue weighted by atomic mass is 79.9. The van der Waals surface area contributed by atoms with Crippen LogP contribution < -0.4 is 0 Å². The molecular formula is C6H14BrClNOP. The Balaban J connectivity index is 3.51. The zero-order valence-electron chi connectivity index (χ0n) is 6.89. The summed E-state index contributed by atoms with van der Waals surface area (Å²) < 4.78 is 7.46. The summed E-state index contributed by atoms with van der Waals surface area (Å²) >= 11 is 9.25. The Labute approximate surface area is 83.0 Å². The summed E-state index contributed by atoms with van der Waals surface area (Å²) in [5, 5.41) is 0.847. The first-order chi connectivity index (χ1) is 5.26. The van der Waals surface area contributed by atoms with Crippen LogP contribution >= 0.6 is 34.8 Å². The van der Waals surface area contributed by atoms with Crippen molar-refractivity contribution in [1.29, 1.82) is 0 Å². The van der Waals surface area contributed by atoms with Crippen molar-refractivity contribution in [3.63, 3.8) is 0 Å². The number of halogens is 2. The molecule has 0 saturated heterocycles. The molecule has 0 aromatic rings. The van der Waals surface area contributed by atoms with Crippen LogP contribution in [0.2, 0.25) is 0 Å². The van der Waals surface area contributed by atoms with E-state index in [2.05, 4.69) is 34.4 Å². The second-order valence-corrected chi connectivity index (χ2v) is 4.82. The van der Waals surface area contributed by atoms with Gasteiger partial charge in [0.25, 0.3) is 0 Å². The molecule has 0 fully saturated rings. The van der Waals surface area contributed by atoms with Crippen LogP contribution in [-0.2, 0) is 4.52 Å². The molecule has 5 heteroatoms. The standard InChI is InChI=1S/C6H14BrClNOP/c1-3-9(4-2)11(8)10-6-5-7/h3-6H2,1-2H3. The lowest BCUT2D eigenvalue weighted by Crippen LogP contribution is -2.16. The molecule has 0 amide bonds. The van der Waals surface area contributed by atoms with Crippen molar-refractivity contribution in [2.75, 3.05) is 25.0 Å². The molecule has 1 unspecified atom stereocenters. The minimum Gasteiger partial charge on any atom is -0.331 e. The molecule has 0 saturated carbocycles. The van der Waals surface area contributed by atoms with E-state index in [0.717, 1.165) is 18.4 Å². The maximum atomic E-state index is 5.97. The quantitative estimate of drug-likeness (QED) is 0.538. The average Bonchev–Trinajstić information content (AvgIpc) is 2.03. The first-order valence-electron chi connectivity index (χ1n) is 3.65. The van der Waals surface area contributed by atoms with E-state index in [9.17, 15) is 0 Å². The largest absolute Gasteiger partial charge is 0.331 e. The molecule has 2 nitrogen and oxygen atoms in total. The Morgan fingerprint density at radius 2 is 2.00 bits per heavy atom. The third-order valence-corrected chi connectivity index (χ3v) is 3.89. The predicted molar refractivity (Wildman–Crippen MR) is 55.4 cm³/mol. The molecule has 0 aromatic carbocycles. The molecule has 0 aliphatic heterocycles. The van der Waals surface area contributed by atoms with Gasteiger partial charge in [-0.25, -0.2) is 4.67 Å². The minimum atomic E-state index is -0.875. The molecule has 0 bridgehead atoms. The van der Waals surface area contributed by atoms with E-state index in [1.807, 2.05) is 0 Å². The SMILES string of the molecule is CCN(CC)P(Cl)OCCBr. The number of hydrogen-bond acceptors (Lipinski definition) is 2. The first-order valence-corrected chi connectivity index (χ1v) is 6.89. The molecule has 0 N–H and O–H groups in total. The lowest BCUT2D eigenvalue weighted by molar-refractivity contribution is 0.344. The van der Waals surface area contributed by atoms with Gasteiger partial charge in [-0.3, -0.25) is 0 Å². The van der Waals surface area contributed by atoms with Gasteiger partial charge < -0.3 is 4.52 Å². The Kier molecular flexibility index (Phi) is 8.54. The molecule has 0 aliphatic rings. The fourth-order valence-electron chi connectivity index (χ4n) is 0.637. The van der Waals surface area contributed by atoms with Crippen LogP contribution in [0.25, 0.3) is 0 Å². The van der Waals surface area contributed by atoms with Crippen molar-refractivity contribution in [3.8, 4) is 0 Å². The number of rotatable bonds is 6. The van der Waals surface area contributed by atoms with E-state index in [0.29, 0.717) is 6.61 Å². The summed E-state index contributed by atoms with van der Waals surface area (Å²) in [5.74, 6) is 0. The molecular weight excluding hydrogens is 248 g/mol. The van der Waals surface area contributed by atoms with Crippen molar-refractivity contribution in [2.45, 2.75) is 13.8 Å². The Hall–Kier alpha value is 1.12. The molecule has 68 valence electrons. The zero-order valence-corrected chi connectivity index (χ0v) is 10.1. The van der Waals surface area contributed by atoms with Crippen molar-refractivity contribution >= 4 is 34.8 Å². The monoisotopic (exact) mass is 261 g/mol. The third kappa shape index (κ3) is 5.37. The Morgan fingerprint density at radius 1 is 1.45 bits per heavy atom. The summed E-state index contributed by atoms with van der Waals surface area (Å²) in [6.45, 7) is 6.76. The maximum absolute atomic E-state index is 5.97. The number of nitrogens with zero attached hydrogens (tertiary/aromatic N) is 1. The van der Waals surface area contributed by atoms with Crippen molar-refractivity contribution < 1.29 is 4.52 Å². The molecule has 1 atom stereocenters. The first kappa shape index (κ1) is 12.1. The fourth-order valence-corrected chi connectivity index (χ4v) is 2.75. The van der Waals surface area contributed by atoms with Crippen molar-refractivity contribution in [1.82, 2.24) is 4.67 Å². The number of alkyl halides is 1.